The molecule has 2 rings (SSSR count). The third kappa shape index (κ3) is 6.28. The predicted molar refractivity (Wildman–Crippen MR) is 93.8 cm³/mol. The van der Waals surface area contributed by atoms with E-state index in [2.05, 4.69) is 4.98 Å². The Labute approximate surface area is 149 Å². The second-order valence-electron chi connectivity index (χ2n) is 6.19. The first-order valence-corrected chi connectivity index (χ1v) is 8.65. The smallest absolute Gasteiger partial charge is 0.410 e. The van der Waals surface area contributed by atoms with Crippen LogP contribution in [0.5, 0.6) is 0 Å². The van der Waals surface area contributed by atoms with Gasteiger partial charge in [0.15, 0.2) is 5.69 Å². The SMILES string of the molecule is CC.CCOC(=O)c1coc(N2CCN(C(=O)OC(C)(C)C)CC2)n1. The van der Waals surface area contributed by atoms with Crippen LogP contribution < -0.4 is 4.90 Å². The number of esters is 1. The van der Waals surface area contributed by atoms with Gasteiger partial charge >= 0.3 is 12.1 Å². The van der Waals surface area contributed by atoms with Gasteiger partial charge < -0.3 is 23.7 Å². The quantitative estimate of drug-likeness (QED) is 0.771. The van der Waals surface area contributed by atoms with E-state index in [1.165, 1.54) is 6.26 Å². The summed E-state index contributed by atoms with van der Waals surface area (Å²) in [6, 6.07) is 0.358. The van der Waals surface area contributed by atoms with Crippen molar-refractivity contribution in [3.05, 3.63) is 12.0 Å². The molecule has 1 aliphatic heterocycles. The highest BCUT2D eigenvalue weighted by Gasteiger charge is 2.27. The molecule has 142 valence electrons. The van der Waals surface area contributed by atoms with E-state index in [1.807, 2.05) is 39.5 Å². The van der Waals surface area contributed by atoms with Crippen LogP contribution >= 0.6 is 0 Å². The van der Waals surface area contributed by atoms with Crippen molar-refractivity contribution in [3.8, 4) is 0 Å². The first-order chi connectivity index (χ1) is 11.8. The molecule has 1 aliphatic rings. The first-order valence-electron chi connectivity index (χ1n) is 8.65. The number of aromatic nitrogens is 1. The fourth-order valence-electron chi connectivity index (χ4n) is 2.12. The van der Waals surface area contributed by atoms with Crippen LogP contribution in [-0.2, 0) is 9.47 Å². The van der Waals surface area contributed by atoms with Crippen molar-refractivity contribution in [2.75, 3.05) is 37.7 Å². The van der Waals surface area contributed by atoms with E-state index in [0.29, 0.717) is 32.2 Å². The number of carbonyl (C=O) groups is 2. The Hall–Kier alpha value is -2.25. The van der Waals surface area contributed by atoms with Gasteiger partial charge in [0.25, 0.3) is 6.01 Å². The Kier molecular flexibility index (Phi) is 7.73. The fourth-order valence-corrected chi connectivity index (χ4v) is 2.12. The topological polar surface area (TPSA) is 85.1 Å². The number of anilines is 1. The average Bonchev–Trinajstić information content (AvgIpc) is 3.06. The minimum absolute atomic E-state index is 0.149. The van der Waals surface area contributed by atoms with Crippen LogP contribution in [0.2, 0.25) is 0 Å². The maximum Gasteiger partial charge on any atom is 0.410 e. The number of carbonyl (C=O) groups excluding carboxylic acids is 2. The van der Waals surface area contributed by atoms with Crippen LogP contribution in [0, 0.1) is 0 Å². The van der Waals surface area contributed by atoms with Gasteiger partial charge in [0, 0.05) is 26.2 Å². The highest BCUT2D eigenvalue weighted by atomic mass is 16.6. The monoisotopic (exact) mass is 355 g/mol. The van der Waals surface area contributed by atoms with Gasteiger partial charge in [0.2, 0.25) is 0 Å². The zero-order valence-corrected chi connectivity index (χ0v) is 16.0. The molecule has 0 radical (unpaired) electrons. The van der Waals surface area contributed by atoms with Crippen molar-refractivity contribution in [2.45, 2.75) is 47.1 Å². The standard InChI is InChI=1S/C15H23N3O5.C2H6/c1-5-21-12(19)11-10-22-13(16-11)17-6-8-18(9-7-17)14(20)23-15(2,3)4;1-2/h10H,5-9H2,1-4H3;1-2H3. The molecule has 1 aromatic heterocycles. The second kappa shape index (κ2) is 9.29. The van der Waals surface area contributed by atoms with Crippen molar-refractivity contribution in [1.82, 2.24) is 9.88 Å². The third-order valence-corrected chi connectivity index (χ3v) is 3.18. The summed E-state index contributed by atoms with van der Waals surface area (Å²) in [5.41, 5.74) is -0.359. The third-order valence-electron chi connectivity index (χ3n) is 3.18. The van der Waals surface area contributed by atoms with E-state index >= 15 is 0 Å². The number of hydrogen-bond acceptors (Lipinski definition) is 7. The minimum Gasteiger partial charge on any atom is -0.461 e. The molecule has 25 heavy (non-hydrogen) atoms. The Balaban J connectivity index is 0.00000151. The summed E-state index contributed by atoms with van der Waals surface area (Å²) in [6.07, 6.45) is 0.963. The Morgan fingerprint density at radius 3 is 2.32 bits per heavy atom. The van der Waals surface area contributed by atoms with Crippen LogP contribution in [-0.4, -0.2) is 60.3 Å². The van der Waals surface area contributed by atoms with Crippen LogP contribution in [0.3, 0.4) is 0 Å². The summed E-state index contributed by atoms with van der Waals surface area (Å²) in [7, 11) is 0. The first kappa shape index (κ1) is 20.8. The van der Waals surface area contributed by atoms with E-state index in [9.17, 15) is 9.59 Å². The molecule has 8 heteroatoms. The van der Waals surface area contributed by atoms with Gasteiger partial charge in [-0.2, -0.15) is 4.98 Å². The number of ether oxygens (including phenoxy) is 2. The molecule has 1 fully saturated rings. The Bertz CT molecular complexity index is 557. The van der Waals surface area contributed by atoms with Crippen LogP contribution in [0.4, 0.5) is 10.8 Å². The summed E-state index contributed by atoms with van der Waals surface area (Å²) in [5, 5.41) is 0. The lowest BCUT2D eigenvalue weighted by Crippen LogP contribution is -2.50. The second-order valence-corrected chi connectivity index (χ2v) is 6.19. The van der Waals surface area contributed by atoms with Gasteiger partial charge in [-0.15, -0.1) is 0 Å². The molecule has 0 atom stereocenters. The Morgan fingerprint density at radius 2 is 1.80 bits per heavy atom. The van der Waals surface area contributed by atoms with Crippen LogP contribution in [0.15, 0.2) is 10.7 Å². The number of oxazole rings is 1. The van der Waals surface area contributed by atoms with E-state index in [1.54, 1.807) is 11.8 Å². The van der Waals surface area contributed by atoms with Crippen molar-refractivity contribution < 1.29 is 23.5 Å². The molecule has 0 aromatic carbocycles. The number of piperazine rings is 1. The lowest BCUT2D eigenvalue weighted by atomic mass is 10.2. The number of hydrogen-bond donors (Lipinski definition) is 0. The molecule has 1 amide bonds. The molecule has 0 unspecified atom stereocenters. The molecule has 1 aromatic rings. The molecule has 8 nitrogen and oxygen atoms in total. The van der Waals surface area contributed by atoms with E-state index in [4.69, 9.17) is 13.9 Å². The maximum atomic E-state index is 12.0. The molecular weight excluding hydrogens is 326 g/mol. The predicted octanol–water partition coefficient (Wildman–Crippen LogP) is 2.93. The van der Waals surface area contributed by atoms with Gasteiger partial charge in [0.05, 0.1) is 6.61 Å². The maximum absolute atomic E-state index is 12.0. The van der Waals surface area contributed by atoms with Crippen molar-refractivity contribution in [1.29, 1.82) is 0 Å². The van der Waals surface area contributed by atoms with Gasteiger partial charge in [-0.05, 0) is 27.7 Å². The molecule has 0 aliphatic carbocycles. The largest absolute Gasteiger partial charge is 0.461 e. The molecular formula is C17H29N3O5. The average molecular weight is 355 g/mol. The van der Waals surface area contributed by atoms with Gasteiger partial charge in [0.1, 0.15) is 11.9 Å². The van der Waals surface area contributed by atoms with E-state index in [0.717, 1.165) is 0 Å². The molecule has 2 heterocycles. The Morgan fingerprint density at radius 1 is 1.20 bits per heavy atom. The van der Waals surface area contributed by atoms with Gasteiger partial charge in [-0.1, -0.05) is 13.8 Å². The summed E-state index contributed by atoms with van der Waals surface area (Å²) >= 11 is 0. The lowest BCUT2D eigenvalue weighted by molar-refractivity contribution is 0.0238. The highest BCUT2D eigenvalue weighted by molar-refractivity contribution is 5.87. The molecule has 0 N–H and O–H groups in total. The van der Waals surface area contributed by atoms with E-state index in [-0.39, 0.29) is 18.4 Å². The van der Waals surface area contributed by atoms with Crippen LogP contribution in [0.1, 0.15) is 52.0 Å². The fraction of sp³-hybridized carbons (Fsp3) is 0.706. The minimum atomic E-state index is -0.509. The summed E-state index contributed by atoms with van der Waals surface area (Å²) in [5.74, 6) is -0.505. The summed E-state index contributed by atoms with van der Waals surface area (Å²) in [6.45, 7) is 13.7. The highest BCUT2D eigenvalue weighted by Crippen LogP contribution is 2.18. The number of amides is 1. The van der Waals surface area contributed by atoms with E-state index < -0.39 is 11.6 Å². The normalized spacial score (nSPS) is 14.5. The summed E-state index contributed by atoms with van der Waals surface area (Å²) < 4.78 is 15.6. The molecule has 1 saturated heterocycles. The lowest BCUT2D eigenvalue weighted by Gasteiger charge is -2.34. The zero-order chi connectivity index (χ0) is 19.0. The molecule has 0 saturated carbocycles. The van der Waals surface area contributed by atoms with Crippen molar-refractivity contribution in [3.63, 3.8) is 0 Å². The van der Waals surface area contributed by atoms with Gasteiger partial charge in [-0.3, -0.25) is 0 Å². The zero-order valence-electron chi connectivity index (χ0n) is 16.0. The number of nitrogens with zero attached hydrogens (tertiary/aromatic N) is 3. The van der Waals surface area contributed by atoms with Crippen molar-refractivity contribution in [2.24, 2.45) is 0 Å². The van der Waals surface area contributed by atoms with Crippen LogP contribution in [0.25, 0.3) is 0 Å². The van der Waals surface area contributed by atoms with Crippen molar-refractivity contribution >= 4 is 18.1 Å². The molecule has 0 bridgehead atoms. The molecule has 0 spiro atoms. The number of rotatable bonds is 3. The van der Waals surface area contributed by atoms with Gasteiger partial charge in [-0.25, -0.2) is 9.59 Å². The summed E-state index contributed by atoms with van der Waals surface area (Å²) in [4.78, 5) is 31.2.